The molecule has 41 heavy (non-hydrogen) atoms. The van der Waals surface area contributed by atoms with Crippen LogP contribution in [0.4, 0.5) is 0 Å². The van der Waals surface area contributed by atoms with E-state index in [0.29, 0.717) is 47.2 Å². The smallest absolute Gasteiger partial charge is 0.379 e. The van der Waals surface area contributed by atoms with E-state index in [2.05, 4.69) is 28.9 Å². The van der Waals surface area contributed by atoms with Crippen molar-refractivity contribution in [2.75, 3.05) is 13.2 Å². The molecule has 1 atom stereocenters. The zero-order valence-electron chi connectivity index (χ0n) is 23.0. The number of unbranched alkanes of at least 4 members (excludes halogenated alkanes) is 1. The first kappa shape index (κ1) is 28.1. The average molecular weight is 617 g/mol. The number of esters is 1. The number of hydrogen-bond donors (Lipinski definition) is 1. The molecule has 0 aliphatic carbocycles. The minimum atomic E-state index is -0.636. The third kappa shape index (κ3) is 5.61. The molecule has 2 N–H and O–H groups in total. The lowest BCUT2D eigenvalue weighted by atomic mass is 9.83. The van der Waals surface area contributed by atoms with Gasteiger partial charge < -0.3 is 29.1 Å². The SMILES string of the molecule is CCCCOc1ccc(C2C(C#N)=C(N)Oc3cc(OC(=O)c4oc5cc(Br)ccc5c4C)ccc32)cc1OCC. The van der Waals surface area contributed by atoms with Gasteiger partial charge >= 0.3 is 5.97 Å². The van der Waals surface area contributed by atoms with Gasteiger partial charge in [0.05, 0.1) is 19.1 Å². The molecule has 1 unspecified atom stereocenters. The lowest BCUT2D eigenvalue weighted by molar-refractivity contribution is 0.0702. The van der Waals surface area contributed by atoms with Crippen LogP contribution in [0.3, 0.4) is 0 Å². The highest BCUT2D eigenvalue weighted by Gasteiger charge is 2.32. The third-order valence-electron chi connectivity index (χ3n) is 6.84. The number of nitrogens with zero attached hydrogens (tertiary/aromatic N) is 1. The highest BCUT2D eigenvalue weighted by atomic mass is 79.9. The molecule has 0 saturated carbocycles. The zero-order chi connectivity index (χ0) is 29.1. The average Bonchev–Trinajstić information content (AvgIpc) is 3.28. The van der Waals surface area contributed by atoms with Gasteiger partial charge in [-0.2, -0.15) is 5.26 Å². The Kier molecular flexibility index (Phi) is 8.22. The summed E-state index contributed by atoms with van der Waals surface area (Å²) in [5, 5.41) is 10.8. The summed E-state index contributed by atoms with van der Waals surface area (Å²) >= 11 is 3.42. The lowest BCUT2D eigenvalue weighted by Crippen LogP contribution is -2.21. The summed E-state index contributed by atoms with van der Waals surface area (Å²) in [4.78, 5) is 13.1. The number of benzene rings is 3. The van der Waals surface area contributed by atoms with Crippen molar-refractivity contribution in [3.05, 3.63) is 93.0 Å². The Morgan fingerprint density at radius 2 is 1.90 bits per heavy atom. The summed E-state index contributed by atoms with van der Waals surface area (Å²) in [7, 11) is 0. The first-order valence-corrected chi connectivity index (χ1v) is 14.2. The Labute approximate surface area is 246 Å². The fourth-order valence-electron chi connectivity index (χ4n) is 4.81. The number of ether oxygens (including phenoxy) is 4. The van der Waals surface area contributed by atoms with Crippen LogP contribution in [-0.4, -0.2) is 19.2 Å². The van der Waals surface area contributed by atoms with E-state index in [9.17, 15) is 10.1 Å². The Morgan fingerprint density at radius 3 is 2.66 bits per heavy atom. The molecule has 3 aromatic carbocycles. The lowest BCUT2D eigenvalue weighted by Gasteiger charge is -2.27. The molecular formula is C32H29BrN2O6. The van der Waals surface area contributed by atoms with Gasteiger partial charge in [0, 0.05) is 27.1 Å². The summed E-state index contributed by atoms with van der Waals surface area (Å²) in [6.07, 6.45) is 1.95. The molecule has 0 bridgehead atoms. The van der Waals surface area contributed by atoms with Crippen molar-refractivity contribution in [3.63, 3.8) is 0 Å². The first-order chi connectivity index (χ1) is 19.8. The zero-order valence-corrected chi connectivity index (χ0v) is 24.5. The number of nitriles is 1. The van der Waals surface area contributed by atoms with Gasteiger partial charge in [0.2, 0.25) is 11.6 Å². The summed E-state index contributed by atoms with van der Waals surface area (Å²) < 4.78 is 29.9. The van der Waals surface area contributed by atoms with Crippen molar-refractivity contribution < 1.29 is 28.2 Å². The predicted molar refractivity (Wildman–Crippen MR) is 157 cm³/mol. The standard InChI is InChI=1S/C32H29BrN2O6/c1-4-6-13-38-25-12-7-19(14-28(25)37-5-2)29-23-11-9-21(16-27(23)41-31(35)24(29)17-34)39-32(36)30-18(3)22-10-8-20(33)15-26(22)40-30/h7-12,14-16,29H,4-6,13,35H2,1-3H3. The number of fused-ring (bicyclic) bond motifs is 2. The van der Waals surface area contributed by atoms with E-state index < -0.39 is 11.9 Å². The Bertz CT molecular complexity index is 1700. The van der Waals surface area contributed by atoms with E-state index in [0.717, 1.165) is 28.3 Å². The van der Waals surface area contributed by atoms with Gasteiger partial charge in [0.1, 0.15) is 28.7 Å². The Hall–Kier alpha value is -4.42. The summed E-state index contributed by atoms with van der Waals surface area (Å²) in [6.45, 7) is 6.85. The fraction of sp³-hybridized carbons (Fsp3) is 0.250. The van der Waals surface area contributed by atoms with Crippen molar-refractivity contribution in [2.45, 2.75) is 39.5 Å². The molecule has 8 nitrogen and oxygen atoms in total. The number of carbonyl (C=O) groups is 1. The highest BCUT2D eigenvalue weighted by Crippen LogP contribution is 2.45. The van der Waals surface area contributed by atoms with Crippen LogP contribution in [0.15, 0.2) is 74.9 Å². The van der Waals surface area contributed by atoms with Gasteiger partial charge in [0.25, 0.3) is 0 Å². The number of rotatable bonds is 9. The number of furan rings is 1. The second kappa shape index (κ2) is 12.0. The molecule has 9 heteroatoms. The molecule has 0 fully saturated rings. The van der Waals surface area contributed by atoms with E-state index in [1.807, 2.05) is 44.2 Å². The van der Waals surface area contributed by atoms with E-state index >= 15 is 0 Å². The van der Waals surface area contributed by atoms with Crippen LogP contribution in [0.2, 0.25) is 0 Å². The molecule has 0 spiro atoms. The molecule has 1 aliphatic rings. The van der Waals surface area contributed by atoms with Crippen molar-refractivity contribution in [3.8, 4) is 29.1 Å². The van der Waals surface area contributed by atoms with Crippen LogP contribution in [0, 0.1) is 18.3 Å². The molecular weight excluding hydrogens is 588 g/mol. The van der Waals surface area contributed by atoms with Crippen LogP contribution in [-0.2, 0) is 0 Å². The monoisotopic (exact) mass is 616 g/mol. The Balaban J connectivity index is 1.47. The van der Waals surface area contributed by atoms with Crippen molar-refractivity contribution in [1.82, 2.24) is 0 Å². The van der Waals surface area contributed by atoms with Gasteiger partial charge in [0.15, 0.2) is 11.5 Å². The van der Waals surface area contributed by atoms with Gasteiger partial charge in [-0.1, -0.05) is 41.4 Å². The van der Waals surface area contributed by atoms with E-state index in [1.54, 1.807) is 24.3 Å². The largest absolute Gasteiger partial charge is 0.490 e. The molecule has 0 radical (unpaired) electrons. The maximum absolute atomic E-state index is 13.1. The van der Waals surface area contributed by atoms with Gasteiger partial charge in [-0.3, -0.25) is 0 Å². The summed E-state index contributed by atoms with van der Waals surface area (Å²) in [5.74, 6) is 0.793. The van der Waals surface area contributed by atoms with Crippen molar-refractivity contribution in [2.24, 2.45) is 5.73 Å². The molecule has 0 amide bonds. The third-order valence-corrected chi connectivity index (χ3v) is 7.34. The molecule has 0 saturated heterocycles. The molecule has 210 valence electrons. The van der Waals surface area contributed by atoms with Crippen LogP contribution < -0.4 is 24.7 Å². The second-order valence-electron chi connectivity index (χ2n) is 9.55. The number of halogens is 1. The van der Waals surface area contributed by atoms with E-state index in [-0.39, 0.29) is 23.0 Å². The van der Waals surface area contributed by atoms with Crippen molar-refractivity contribution >= 4 is 32.9 Å². The minimum absolute atomic E-state index is 0.0200. The maximum atomic E-state index is 13.1. The number of hydrogen-bond acceptors (Lipinski definition) is 8. The van der Waals surface area contributed by atoms with Crippen LogP contribution in [0.5, 0.6) is 23.0 Å². The van der Waals surface area contributed by atoms with Crippen LogP contribution in [0.25, 0.3) is 11.0 Å². The molecule has 1 aromatic heterocycles. The maximum Gasteiger partial charge on any atom is 0.379 e. The van der Waals surface area contributed by atoms with Crippen LogP contribution in [0.1, 0.15) is 59.9 Å². The normalized spacial score (nSPS) is 14.3. The highest BCUT2D eigenvalue weighted by molar-refractivity contribution is 9.10. The Morgan fingerprint density at radius 1 is 1.07 bits per heavy atom. The number of nitrogens with two attached hydrogens (primary N) is 1. The first-order valence-electron chi connectivity index (χ1n) is 13.4. The molecule has 1 aliphatic heterocycles. The number of aryl methyl sites for hydroxylation is 1. The molecule has 5 rings (SSSR count). The molecule has 2 heterocycles. The topological polar surface area (TPSA) is 117 Å². The molecule has 4 aromatic rings. The van der Waals surface area contributed by atoms with Gasteiger partial charge in [-0.15, -0.1) is 0 Å². The predicted octanol–water partition coefficient (Wildman–Crippen LogP) is 7.52. The fourth-order valence-corrected chi connectivity index (χ4v) is 5.15. The quantitative estimate of drug-likeness (QED) is 0.116. The van der Waals surface area contributed by atoms with Gasteiger partial charge in [-0.25, -0.2) is 4.79 Å². The van der Waals surface area contributed by atoms with E-state index in [1.165, 1.54) is 0 Å². The summed E-state index contributed by atoms with van der Waals surface area (Å²) in [6, 6.07) is 18.4. The van der Waals surface area contributed by atoms with Gasteiger partial charge in [-0.05, 0) is 62.2 Å². The minimum Gasteiger partial charge on any atom is -0.490 e. The summed E-state index contributed by atoms with van der Waals surface area (Å²) in [5.41, 5.74) is 9.23. The van der Waals surface area contributed by atoms with Crippen LogP contribution >= 0.6 is 15.9 Å². The van der Waals surface area contributed by atoms with E-state index in [4.69, 9.17) is 29.1 Å². The van der Waals surface area contributed by atoms with Crippen molar-refractivity contribution in [1.29, 1.82) is 5.26 Å². The number of carbonyl (C=O) groups excluding carboxylic acids is 1. The number of allylic oxidation sites excluding steroid dienone is 1. The second-order valence-corrected chi connectivity index (χ2v) is 10.5.